The van der Waals surface area contributed by atoms with Gasteiger partial charge in [0.2, 0.25) is 5.91 Å². The molecule has 1 unspecified atom stereocenters. The van der Waals surface area contributed by atoms with Crippen LogP contribution in [0.5, 0.6) is 0 Å². The van der Waals surface area contributed by atoms with E-state index in [0.29, 0.717) is 10.9 Å². The summed E-state index contributed by atoms with van der Waals surface area (Å²) in [6.45, 7) is 7.87. The number of hydrogen-bond acceptors (Lipinski definition) is 5. The number of nitrogens with one attached hydrogen (secondary N) is 1. The number of rotatable bonds is 5. The molecule has 2 heterocycles. The second-order valence-corrected chi connectivity index (χ2v) is 6.53. The van der Waals surface area contributed by atoms with Crippen molar-refractivity contribution in [2.75, 3.05) is 32.8 Å². The second-order valence-electron chi connectivity index (χ2n) is 6.53. The first-order valence-electron chi connectivity index (χ1n) is 8.59. The van der Waals surface area contributed by atoms with E-state index in [9.17, 15) is 9.59 Å². The Labute approximate surface area is 146 Å². The fourth-order valence-electron chi connectivity index (χ4n) is 3.14. The summed E-state index contributed by atoms with van der Waals surface area (Å²) >= 11 is 0. The molecule has 2 aromatic rings. The van der Waals surface area contributed by atoms with Crippen molar-refractivity contribution in [2.24, 2.45) is 0 Å². The molecule has 1 atom stereocenters. The largest absolute Gasteiger partial charge is 0.379 e. The molecule has 1 aliphatic heterocycles. The molecule has 1 N–H and O–H groups in total. The number of benzene rings is 1. The molecular formula is C18H24N4O3. The molecule has 1 saturated heterocycles. The van der Waals surface area contributed by atoms with E-state index in [2.05, 4.69) is 15.2 Å². The Bertz CT molecular complexity index is 812. The maximum absolute atomic E-state index is 12.5. The summed E-state index contributed by atoms with van der Waals surface area (Å²) in [6.07, 6.45) is 1.45. The molecule has 0 radical (unpaired) electrons. The summed E-state index contributed by atoms with van der Waals surface area (Å²) in [6, 6.07) is 5.50. The first kappa shape index (κ1) is 17.6. The van der Waals surface area contributed by atoms with Crippen LogP contribution in [0.1, 0.15) is 12.5 Å². The van der Waals surface area contributed by atoms with E-state index in [1.54, 1.807) is 6.07 Å². The van der Waals surface area contributed by atoms with E-state index in [1.165, 1.54) is 10.9 Å². The van der Waals surface area contributed by atoms with Gasteiger partial charge in [-0.1, -0.05) is 12.1 Å². The number of ether oxygens (including phenoxy) is 1. The summed E-state index contributed by atoms with van der Waals surface area (Å²) in [4.78, 5) is 31.4. The maximum Gasteiger partial charge on any atom is 0.261 e. The lowest BCUT2D eigenvalue weighted by molar-refractivity contribution is -0.122. The molecule has 7 heteroatoms. The van der Waals surface area contributed by atoms with Crippen molar-refractivity contribution in [3.05, 3.63) is 40.4 Å². The molecule has 3 rings (SSSR count). The van der Waals surface area contributed by atoms with Crippen LogP contribution in [-0.2, 0) is 16.1 Å². The van der Waals surface area contributed by atoms with Crippen molar-refractivity contribution < 1.29 is 9.53 Å². The Morgan fingerprint density at radius 3 is 2.88 bits per heavy atom. The van der Waals surface area contributed by atoms with E-state index in [0.717, 1.165) is 38.4 Å². The van der Waals surface area contributed by atoms with Gasteiger partial charge in [0.25, 0.3) is 5.56 Å². The van der Waals surface area contributed by atoms with Gasteiger partial charge in [0, 0.05) is 25.7 Å². The highest BCUT2D eigenvalue weighted by Crippen LogP contribution is 2.11. The predicted octanol–water partition coefficient (Wildman–Crippen LogP) is 0.542. The van der Waals surface area contributed by atoms with E-state index >= 15 is 0 Å². The van der Waals surface area contributed by atoms with Crippen molar-refractivity contribution in [3.63, 3.8) is 0 Å². The highest BCUT2D eigenvalue weighted by atomic mass is 16.5. The molecule has 1 aliphatic rings. The molecule has 1 amide bonds. The number of amides is 1. The van der Waals surface area contributed by atoms with Gasteiger partial charge in [-0.15, -0.1) is 0 Å². The number of para-hydroxylation sites is 1. The molecule has 0 saturated carbocycles. The van der Waals surface area contributed by atoms with Gasteiger partial charge in [-0.3, -0.25) is 19.1 Å². The van der Waals surface area contributed by atoms with Gasteiger partial charge in [0.1, 0.15) is 6.54 Å². The van der Waals surface area contributed by atoms with Crippen molar-refractivity contribution in [3.8, 4) is 0 Å². The highest BCUT2D eigenvalue weighted by molar-refractivity contribution is 5.81. The quantitative estimate of drug-likeness (QED) is 0.857. The van der Waals surface area contributed by atoms with Gasteiger partial charge in [-0.25, -0.2) is 4.98 Å². The van der Waals surface area contributed by atoms with Crippen LogP contribution in [-0.4, -0.2) is 59.2 Å². The van der Waals surface area contributed by atoms with Crippen LogP contribution in [0.25, 0.3) is 10.9 Å². The van der Waals surface area contributed by atoms with Gasteiger partial charge in [-0.05, 0) is 25.5 Å². The van der Waals surface area contributed by atoms with Crippen LogP contribution >= 0.6 is 0 Å². The van der Waals surface area contributed by atoms with Crippen LogP contribution < -0.4 is 10.9 Å². The average Bonchev–Trinajstić information content (AvgIpc) is 2.58. The normalized spacial score (nSPS) is 16.7. The minimum atomic E-state index is -0.190. The zero-order chi connectivity index (χ0) is 17.8. The second kappa shape index (κ2) is 7.76. The molecule has 7 nitrogen and oxygen atoms in total. The third-order valence-corrected chi connectivity index (χ3v) is 4.41. The minimum Gasteiger partial charge on any atom is -0.379 e. The fourth-order valence-corrected chi connectivity index (χ4v) is 3.14. The number of fused-ring (bicyclic) bond motifs is 1. The molecule has 1 fully saturated rings. The standard InChI is InChI=1S/C18H24N4O3/c1-13-4-3-5-15-17(13)19-12-22(18(15)24)11-16(23)20-14(2)10-21-6-8-25-9-7-21/h3-5,12,14H,6-11H2,1-2H3,(H,20,23). The van der Waals surface area contributed by atoms with Crippen LogP contribution in [0.2, 0.25) is 0 Å². The SMILES string of the molecule is Cc1cccc2c(=O)n(CC(=O)NC(C)CN3CCOCC3)cnc12. The van der Waals surface area contributed by atoms with Gasteiger partial charge in [0.15, 0.2) is 0 Å². The zero-order valence-corrected chi connectivity index (χ0v) is 14.7. The van der Waals surface area contributed by atoms with Crippen molar-refractivity contribution >= 4 is 16.8 Å². The topological polar surface area (TPSA) is 76.5 Å². The number of nitrogens with zero attached hydrogens (tertiary/aromatic N) is 3. The number of morpholine rings is 1. The van der Waals surface area contributed by atoms with E-state index in [4.69, 9.17) is 4.74 Å². The van der Waals surface area contributed by atoms with Crippen molar-refractivity contribution in [1.82, 2.24) is 19.8 Å². The molecular weight excluding hydrogens is 320 g/mol. The van der Waals surface area contributed by atoms with Crippen LogP contribution in [0.15, 0.2) is 29.3 Å². The van der Waals surface area contributed by atoms with Gasteiger partial charge in [-0.2, -0.15) is 0 Å². The third kappa shape index (κ3) is 4.24. The van der Waals surface area contributed by atoms with Crippen LogP contribution in [0.3, 0.4) is 0 Å². The summed E-state index contributed by atoms with van der Waals surface area (Å²) < 4.78 is 6.68. The summed E-state index contributed by atoms with van der Waals surface area (Å²) in [7, 11) is 0. The first-order valence-corrected chi connectivity index (χ1v) is 8.59. The Morgan fingerprint density at radius 2 is 2.12 bits per heavy atom. The zero-order valence-electron chi connectivity index (χ0n) is 14.7. The van der Waals surface area contributed by atoms with Gasteiger partial charge < -0.3 is 10.1 Å². The van der Waals surface area contributed by atoms with E-state index in [1.807, 2.05) is 26.0 Å². The number of carbonyl (C=O) groups is 1. The van der Waals surface area contributed by atoms with Crippen LogP contribution in [0.4, 0.5) is 0 Å². The van der Waals surface area contributed by atoms with E-state index in [-0.39, 0.29) is 24.1 Å². The number of aromatic nitrogens is 2. The Morgan fingerprint density at radius 1 is 1.36 bits per heavy atom. The molecule has 1 aromatic heterocycles. The summed E-state index contributed by atoms with van der Waals surface area (Å²) in [5, 5.41) is 3.49. The van der Waals surface area contributed by atoms with Crippen molar-refractivity contribution in [2.45, 2.75) is 26.4 Å². The summed E-state index contributed by atoms with van der Waals surface area (Å²) in [5.74, 6) is -0.184. The minimum absolute atomic E-state index is 0.0111. The monoisotopic (exact) mass is 344 g/mol. The third-order valence-electron chi connectivity index (χ3n) is 4.41. The lowest BCUT2D eigenvalue weighted by atomic mass is 10.1. The average molecular weight is 344 g/mol. The predicted molar refractivity (Wildman–Crippen MR) is 95.6 cm³/mol. The van der Waals surface area contributed by atoms with E-state index < -0.39 is 0 Å². The lowest BCUT2D eigenvalue weighted by Crippen LogP contribution is -2.47. The first-order chi connectivity index (χ1) is 12.0. The number of hydrogen-bond donors (Lipinski definition) is 1. The fraction of sp³-hybridized carbons (Fsp3) is 0.500. The van der Waals surface area contributed by atoms with Gasteiger partial charge >= 0.3 is 0 Å². The van der Waals surface area contributed by atoms with Crippen LogP contribution in [0, 0.1) is 6.92 Å². The Hall–Kier alpha value is -2.25. The molecule has 134 valence electrons. The molecule has 0 aliphatic carbocycles. The van der Waals surface area contributed by atoms with Gasteiger partial charge in [0.05, 0.1) is 30.4 Å². The summed E-state index contributed by atoms with van der Waals surface area (Å²) in [5.41, 5.74) is 1.44. The number of carbonyl (C=O) groups excluding carboxylic acids is 1. The molecule has 0 bridgehead atoms. The Balaban J connectivity index is 1.63. The lowest BCUT2D eigenvalue weighted by Gasteiger charge is -2.29. The molecule has 0 spiro atoms. The number of aryl methyl sites for hydroxylation is 1. The highest BCUT2D eigenvalue weighted by Gasteiger charge is 2.16. The maximum atomic E-state index is 12.5. The Kier molecular flexibility index (Phi) is 5.45. The smallest absolute Gasteiger partial charge is 0.261 e. The van der Waals surface area contributed by atoms with Crippen molar-refractivity contribution in [1.29, 1.82) is 0 Å². The molecule has 25 heavy (non-hydrogen) atoms. The molecule has 1 aromatic carbocycles.